The van der Waals surface area contributed by atoms with E-state index in [-0.39, 0.29) is 12.1 Å². The third-order valence-electron chi connectivity index (χ3n) is 5.49. The highest BCUT2D eigenvalue weighted by atomic mass is 19.4. The van der Waals surface area contributed by atoms with Crippen molar-refractivity contribution in [3.63, 3.8) is 0 Å². The summed E-state index contributed by atoms with van der Waals surface area (Å²) in [6.07, 6.45) is -0.379. The number of nitrogens with zero attached hydrogens (tertiary/aromatic N) is 2. The van der Waals surface area contributed by atoms with Gasteiger partial charge in [-0.25, -0.2) is 0 Å². The smallest absolute Gasteiger partial charge is 0.324 e. The molecule has 2 aliphatic rings. The predicted octanol–water partition coefficient (Wildman–Crippen LogP) is 6.11. The Kier molecular flexibility index (Phi) is 4.61. The summed E-state index contributed by atoms with van der Waals surface area (Å²) in [4.78, 5) is 21.4. The maximum absolute atomic E-state index is 13.0. The summed E-state index contributed by atoms with van der Waals surface area (Å²) in [6, 6.07) is 14.9. The normalized spacial score (nSPS) is 16.2. The molecule has 1 saturated carbocycles. The van der Waals surface area contributed by atoms with Crippen LogP contribution in [-0.2, 0) is 11.0 Å². The Morgan fingerprint density at radius 1 is 0.935 bits per heavy atom. The number of pyridine rings is 1. The minimum absolute atomic E-state index is 0.0246. The number of aliphatic imine (C=N–C) groups is 1. The van der Waals surface area contributed by atoms with Crippen molar-refractivity contribution in [3.8, 4) is 11.1 Å². The molecule has 1 amide bonds. The molecule has 0 spiro atoms. The van der Waals surface area contributed by atoms with E-state index in [2.05, 4.69) is 21.4 Å². The number of nitrogens with one attached hydrogen (secondary N) is 1. The van der Waals surface area contributed by atoms with Gasteiger partial charge in [0.15, 0.2) is 0 Å². The van der Waals surface area contributed by atoms with E-state index >= 15 is 0 Å². The van der Waals surface area contributed by atoms with E-state index in [4.69, 9.17) is 0 Å². The molecule has 1 fully saturated rings. The van der Waals surface area contributed by atoms with Gasteiger partial charge in [0, 0.05) is 17.8 Å². The summed E-state index contributed by atoms with van der Waals surface area (Å²) in [5.74, 6) is 0.137. The van der Waals surface area contributed by atoms with E-state index in [1.165, 1.54) is 6.07 Å². The third-order valence-corrected chi connectivity index (χ3v) is 5.49. The molecule has 0 atom stereocenters. The SMILES string of the molecule is O=C1CC(c2cccc(-c3ccnc(C4CC4)c3)c2)=Nc2ccc(C(F)(F)F)cc2N1. The van der Waals surface area contributed by atoms with Crippen molar-refractivity contribution < 1.29 is 18.0 Å². The zero-order valence-corrected chi connectivity index (χ0v) is 16.4. The number of alkyl halides is 3. The van der Waals surface area contributed by atoms with Crippen LogP contribution in [0.5, 0.6) is 0 Å². The van der Waals surface area contributed by atoms with Gasteiger partial charge in [0.25, 0.3) is 0 Å². The van der Waals surface area contributed by atoms with Gasteiger partial charge in [0.05, 0.1) is 29.1 Å². The van der Waals surface area contributed by atoms with Crippen LogP contribution in [0.15, 0.2) is 65.8 Å². The molecule has 1 N–H and O–H groups in total. The Hall–Kier alpha value is -3.48. The van der Waals surface area contributed by atoms with Crippen LogP contribution in [0.4, 0.5) is 24.5 Å². The lowest BCUT2D eigenvalue weighted by atomic mass is 9.99. The number of aromatic nitrogens is 1. The van der Waals surface area contributed by atoms with Crippen LogP contribution in [0.1, 0.15) is 42.0 Å². The number of halogens is 3. The number of benzene rings is 2. The second-order valence-corrected chi connectivity index (χ2v) is 7.84. The van der Waals surface area contributed by atoms with Crippen LogP contribution in [0.25, 0.3) is 11.1 Å². The summed E-state index contributed by atoms with van der Waals surface area (Å²) >= 11 is 0. The molecule has 3 aromatic rings. The van der Waals surface area contributed by atoms with Crippen LogP contribution in [0, 0.1) is 0 Å². The number of carbonyl (C=O) groups excluding carboxylic acids is 1. The number of rotatable bonds is 3. The quantitative estimate of drug-likeness (QED) is 0.555. The van der Waals surface area contributed by atoms with Crippen LogP contribution in [-0.4, -0.2) is 16.6 Å². The van der Waals surface area contributed by atoms with Crippen molar-refractivity contribution in [3.05, 3.63) is 77.6 Å². The van der Waals surface area contributed by atoms with Crippen molar-refractivity contribution in [2.75, 3.05) is 5.32 Å². The second-order valence-electron chi connectivity index (χ2n) is 7.84. The van der Waals surface area contributed by atoms with Crippen LogP contribution in [0.2, 0.25) is 0 Å². The third kappa shape index (κ3) is 4.08. The van der Waals surface area contributed by atoms with E-state index in [0.29, 0.717) is 17.3 Å². The molecule has 2 heterocycles. The van der Waals surface area contributed by atoms with Gasteiger partial charge in [0.2, 0.25) is 5.91 Å². The first-order chi connectivity index (χ1) is 14.9. The van der Waals surface area contributed by atoms with Gasteiger partial charge >= 0.3 is 6.18 Å². The number of anilines is 1. The van der Waals surface area contributed by atoms with Crippen molar-refractivity contribution in [1.29, 1.82) is 0 Å². The van der Waals surface area contributed by atoms with E-state index in [1.807, 2.05) is 30.3 Å². The number of amides is 1. The highest BCUT2D eigenvalue weighted by Gasteiger charge is 2.32. The highest BCUT2D eigenvalue weighted by Crippen LogP contribution is 2.40. The zero-order valence-electron chi connectivity index (χ0n) is 16.4. The van der Waals surface area contributed by atoms with Crippen LogP contribution in [0.3, 0.4) is 0 Å². The lowest BCUT2D eigenvalue weighted by Gasteiger charge is -2.10. The fourth-order valence-corrected chi connectivity index (χ4v) is 3.72. The summed E-state index contributed by atoms with van der Waals surface area (Å²) < 4.78 is 39.1. The lowest BCUT2D eigenvalue weighted by molar-refractivity contribution is -0.137. The van der Waals surface area contributed by atoms with Crippen LogP contribution >= 0.6 is 0 Å². The van der Waals surface area contributed by atoms with E-state index in [0.717, 1.165) is 47.4 Å². The topological polar surface area (TPSA) is 54.4 Å². The molecular weight excluding hydrogens is 403 g/mol. The Bertz CT molecular complexity index is 1210. The number of hydrogen-bond acceptors (Lipinski definition) is 3. The van der Waals surface area contributed by atoms with E-state index in [1.54, 1.807) is 6.20 Å². The number of carbonyl (C=O) groups is 1. The molecular formula is C24H18F3N3O. The maximum atomic E-state index is 13.0. The largest absolute Gasteiger partial charge is 0.416 e. The standard InChI is InChI=1S/C24H18F3N3O/c25-24(26,27)18-6-7-19-22(12-18)30-23(31)13-21(29-19)17-3-1-2-15(10-17)16-8-9-28-20(11-16)14-4-5-14/h1-3,6-12,14H,4-5,13H2,(H,30,31). The average molecular weight is 421 g/mol. The first-order valence-corrected chi connectivity index (χ1v) is 10.0. The summed E-state index contributed by atoms with van der Waals surface area (Å²) in [5, 5.41) is 2.55. The molecule has 0 unspecified atom stereocenters. The Labute approximate surface area is 176 Å². The Morgan fingerprint density at radius 2 is 1.71 bits per heavy atom. The molecule has 4 nitrogen and oxygen atoms in total. The number of hydrogen-bond donors (Lipinski definition) is 1. The van der Waals surface area contributed by atoms with E-state index in [9.17, 15) is 18.0 Å². The zero-order chi connectivity index (χ0) is 21.6. The summed E-state index contributed by atoms with van der Waals surface area (Å²) in [6.45, 7) is 0. The Balaban J connectivity index is 1.52. The molecule has 0 radical (unpaired) electrons. The molecule has 0 bridgehead atoms. The lowest BCUT2D eigenvalue weighted by Crippen LogP contribution is -2.15. The summed E-state index contributed by atoms with van der Waals surface area (Å²) in [7, 11) is 0. The second kappa shape index (κ2) is 7.34. The highest BCUT2D eigenvalue weighted by molar-refractivity contribution is 6.17. The minimum Gasteiger partial charge on any atom is -0.324 e. The van der Waals surface area contributed by atoms with Crippen molar-refractivity contribution in [1.82, 2.24) is 4.98 Å². The molecule has 1 aliphatic carbocycles. The molecule has 2 aromatic carbocycles. The van der Waals surface area contributed by atoms with Gasteiger partial charge in [-0.1, -0.05) is 18.2 Å². The van der Waals surface area contributed by atoms with Gasteiger partial charge in [-0.15, -0.1) is 0 Å². The molecule has 0 saturated heterocycles. The minimum atomic E-state index is -4.49. The first-order valence-electron chi connectivity index (χ1n) is 10.0. The van der Waals surface area contributed by atoms with Crippen molar-refractivity contribution >= 4 is 23.0 Å². The first kappa shape index (κ1) is 19.5. The molecule has 7 heteroatoms. The van der Waals surface area contributed by atoms with Gasteiger partial charge in [0.1, 0.15) is 0 Å². The predicted molar refractivity (Wildman–Crippen MR) is 113 cm³/mol. The van der Waals surface area contributed by atoms with Gasteiger partial charge in [-0.05, 0) is 65.9 Å². The molecule has 156 valence electrons. The van der Waals surface area contributed by atoms with Crippen molar-refractivity contribution in [2.24, 2.45) is 4.99 Å². The monoisotopic (exact) mass is 421 g/mol. The molecule has 1 aliphatic heterocycles. The van der Waals surface area contributed by atoms with E-state index < -0.39 is 17.6 Å². The molecule has 5 rings (SSSR count). The average Bonchev–Trinajstić information content (AvgIpc) is 3.60. The number of fused-ring (bicyclic) bond motifs is 1. The van der Waals surface area contributed by atoms with Gasteiger partial charge in [-0.2, -0.15) is 13.2 Å². The summed E-state index contributed by atoms with van der Waals surface area (Å²) in [5.41, 5.74) is 3.90. The van der Waals surface area contributed by atoms with Gasteiger partial charge in [-0.3, -0.25) is 14.8 Å². The molecule has 1 aromatic heterocycles. The fourth-order valence-electron chi connectivity index (χ4n) is 3.72. The fraction of sp³-hybridized carbons (Fsp3) is 0.208. The van der Waals surface area contributed by atoms with Crippen molar-refractivity contribution in [2.45, 2.75) is 31.4 Å². The molecule has 31 heavy (non-hydrogen) atoms. The maximum Gasteiger partial charge on any atom is 0.416 e. The van der Waals surface area contributed by atoms with Gasteiger partial charge < -0.3 is 5.32 Å². The van der Waals surface area contributed by atoms with Crippen LogP contribution < -0.4 is 5.32 Å². The Morgan fingerprint density at radius 3 is 2.48 bits per heavy atom.